The number of benzene rings is 2. The molecule has 1 aromatic heterocycles. The Morgan fingerprint density at radius 1 is 1.05 bits per heavy atom. The first-order valence-corrected chi connectivity index (χ1v) is 12.9. The SMILES string of the molecule is COc1ccc(C(=N)SC(=N)Cn2cnc3c(C#Cc4cncnc4)c(-c4ccccc4F)nc-3c2)c(C(F)(F)F)c1. The van der Waals surface area contributed by atoms with Gasteiger partial charge in [-0.1, -0.05) is 35.7 Å². The van der Waals surface area contributed by atoms with Crippen molar-refractivity contribution in [3.8, 4) is 40.2 Å². The van der Waals surface area contributed by atoms with Gasteiger partial charge < -0.3 is 9.30 Å². The third kappa shape index (κ3) is 6.13. The molecule has 0 bridgehead atoms. The highest BCUT2D eigenvalue weighted by Crippen LogP contribution is 2.37. The van der Waals surface area contributed by atoms with Gasteiger partial charge in [0.25, 0.3) is 0 Å². The molecule has 2 aromatic carbocycles. The summed E-state index contributed by atoms with van der Waals surface area (Å²) < 4.78 is 62.0. The molecule has 0 saturated carbocycles. The van der Waals surface area contributed by atoms with Crippen molar-refractivity contribution in [2.45, 2.75) is 12.7 Å². The van der Waals surface area contributed by atoms with Crippen LogP contribution in [0, 0.1) is 28.5 Å². The molecule has 13 heteroatoms. The summed E-state index contributed by atoms with van der Waals surface area (Å²) in [5, 5.41) is 16.1. The zero-order chi connectivity index (χ0) is 29.9. The molecule has 2 aliphatic rings. The molecule has 0 spiro atoms. The molecule has 42 heavy (non-hydrogen) atoms. The summed E-state index contributed by atoms with van der Waals surface area (Å²) in [6, 6.07) is 9.42. The molecule has 8 nitrogen and oxygen atoms in total. The Labute approximate surface area is 241 Å². The van der Waals surface area contributed by atoms with Gasteiger partial charge >= 0.3 is 6.18 Å². The van der Waals surface area contributed by atoms with Crippen LogP contribution in [-0.2, 0) is 12.7 Å². The molecular weight excluding hydrogens is 570 g/mol. The fourth-order valence-electron chi connectivity index (χ4n) is 4.02. The lowest BCUT2D eigenvalue weighted by molar-refractivity contribution is -0.137. The van der Waals surface area contributed by atoms with Gasteiger partial charge in [-0.3, -0.25) is 10.8 Å². The molecule has 0 atom stereocenters. The number of hydrogen-bond donors (Lipinski definition) is 2. The summed E-state index contributed by atoms with van der Waals surface area (Å²) in [5.74, 6) is 5.46. The Morgan fingerprint density at radius 2 is 1.81 bits per heavy atom. The Kier molecular flexibility index (Phi) is 7.99. The lowest BCUT2D eigenvalue weighted by Crippen LogP contribution is -2.14. The van der Waals surface area contributed by atoms with Crippen molar-refractivity contribution in [2.24, 2.45) is 0 Å². The molecule has 0 fully saturated rings. The smallest absolute Gasteiger partial charge is 0.417 e. The van der Waals surface area contributed by atoms with E-state index in [4.69, 9.17) is 15.6 Å². The van der Waals surface area contributed by atoms with E-state index in [2.05, 4.69) is 31.8 Å². The molecule has 0 radical (unpaired) electrons. The largest absolute Gasteiger partial charge is 0.497 e. The number of halogens is 4. The van der Waals surface area contributed by atoms with Gasteiger partial charge in [-0.05, 0) is 30.3 Å². The van der Waals surface area contributed by atoms with Crippen molar-refractivity contribution in [3.63, 3.8) is 0 Å². The molecule has 0 amide bonds. The Bertz CT molecular complexity index is 1830. The second-order valence-electron chi connectivity index (χ2n) is 8.74. The minimum atomic E-state index is -4.71. The van der Waals surface area contributed by atoms with Crippen LogP contribution in [0.25, 0.3) is 22.6 Å². The minimum Gasteiger partial charge on any atom is -0.497 e. The fourth-order valence-corrected chi connectivity index (χ4v) is 4.77. The van der Waals surface area contributed by atoms with Crippen LogP contribution in [-0.4, -0.2) is 41.7 Å². The van der Waals surface area contributed by atoms with E-state index in [1.54, 1.807) is 24.4 Å². The van der Waals surface area contributed by atoms with Gasteiger partial charge in [-0.25, -0.2) is 24.3 Å². The van der Waals surface area contributed by atoms with E-state index < -0.39 is 22.6 Å². The zero-order valence-electron chi connectivity index (χ0n) is 21.7. The summed E-state index contributed by atoms with van der Waals surface area (Å²) >= 11 is 0.583. The Balaban J connectivity index is 1.44. The molecule has 0 aliphatic carbocycles. The number of aromatic nitrogens is 5. The number of nitrogens with one attached hydrogen (secondary N) is 2. The summed E-state index contributed by atoms with van der Waals surface area (Å²) in [4.78, 5) is 16.9. The van der Waals surface area contributed by atoms with Gasteiger partial charge in [0, 0.05) is 29.7 Å². The third-order valence-electron chi connectivity index (χ3n) is 5.92. The van der Waals surface area contributed by atoms with Crippen molar-refractivity contribution >= 4 is 21.8 Å². The number of ether oxygens (including phenoxy) is 1. The fraction of sp³-hybridized carbons (Fsp3) is 0.103. The summed E-state index contributed by atoms with van der Waals surface area (Å²) in [5.41, 5.74) is 0.805. The van der Waals surface area contributed by atoms with E-state index in [1.165, 1.54) is 48.9 Å². The average Bonchev–Trinajstić information content (AvgIpc) is 3.33. The predicted octanol–water partition coefficient (Wildman–Crippen LogP) is 6.14. The Hall–Kier alpha value is -5.09. The van der Waals surface area contributed by atoms with E-state index >= 15 is 0 Å². The first kappa shape index (κ1) is 28.4. The summed E-state index contributed by atoms with van der Waals surface area (Å²) in [6.07, 6.45) is 2.73. The van der Waals surface area contributed by atoms with Crippen LogP contribution in [0.2, 0.25) is 0 Å². The number of methoxy groups -OCH3 is 1. The summed E-state index contributed by atoms with van der Waals surface area (Å²) in [6.45, 7) is -0.0995. The minimum absolute atomic E-state index is 0.00648. The van der Waals surface area contributed by atoms with Gasteiger partial charge in [0.1, 0.15) is 34.3 Å². The first-order chi connectivity index (χ1) is 20.1. The second-order valence-corrected chi connectivity index (χ2v) is 9.84. The zero-order valence-corrected chi connectivity index (χ0v) is 22.5. The van der Waals surface area contributed by atoms with E-state index in [1.807, 2.05) is 0 Å². The lowest BCUT2D eigenvalue weighted by atomic mass is 10.1. The highest BCUT2D eigenvalue weighted by Gasteiger charge is 2.35. The van der Waals surface area contributed by atoms with Crippen molar-refractivity contribution in [2.75, 3.05) is 7.11 Å². The number of rotatable bonds is 5. The van der Waals surface area contributed by atoms with Gasteiger partial charge in [0.15, 0.2) is 0 Å². The molecule has 2 aliphatic heterocycles. The van der Waals surface area contributed by atoms with Crippen LogP contribution >= 0.6 is 11.8 Å². The maximum Gasteiger partial charge on any atom is 0.417 e. The van der Waals surface area contributed by atoms with E-state index in [0.29, 0.717) is 34.3 Å². The quantitative estimate of drug-likeness (QED) is 0.110. The van der Waals surface area contributed by atoms with E-state index in [-0.39, 0.29) is 34.2 Å². The van der Waals surface area contributed by atoms with Crippen LogP contribution in [0.4, 0.5) is 17.6 Å². The van der Waals surface area contributed by atoms with Crippen LogP contribution in [0.5, 0.6) is 5.75 Å². The van der Waals surface area contributed by atoms with Crippen LogP contribution in [0.15, 0.2) is 73.7 Å². The average molecular weight is 590 g/mol. The highest BCUT2D eigenvalue weighted by molar-refractivity contribution is 8.26. The molecule has 0 unspecified atom stereocenters. The van der Waals surface area contributed by atoms with Gasteiger partial charge in [-0.15, -0.1) is 0 Å². The lowest BCUT2D eigenvalue weighted by Gasteiger charge is -2.15. The number of fused-ring (bicyclic) bond motifs is 1. The predicted molar refractivity (Wildman–Crippen MR) is 150 cm³/mol. The number of alkyl halides is 3. The van der Waals surface area contributed by atoms with Crippen molar-refractivity contribution in [1.29, 1.82) is 10.8 Å². The highest BCUT2D eigenvalue weighted by atomic mass is 32.2. The molecule has 5 rings (SSSR count). The Morgan fingerprint density at radius 3 is 2.52 bits per heavy atom. The first-order valence-electron chi connectivity index (χ1n) is 12.1. The standard InChI is InChI=1S/C29H19F4N7OS/c1-41-18-7-9-19(22(10-18)29(31,32)33)28(35)42-25(34)14-40-13-24-27(38-16-40)21(8-6-17-11-36-15-37-12-17)26(39-24)20-4-2-3-5-23(20)30/h2-5,7,9-13,15-16,34-35H,14H2,1H3. The van der Waals surface area contributed by atoms with Crippen molar-refractivity contribution in [3.05, 3.63) is 102 Å². The third-order valence-corrected chi connectivity index (χ3v) is 6.72. The number of nitrogens with zero attached hydrogens (tertiary/aromatic N) is 5. The second kappa shape index (κ2) is 11.8. The molecule has 3 heterocycles. The maximum atomic E-state index is 14.7. The van der Waals surface area contributed by atoms with Crippen LogP contribution in [0.3, 0.4) is 0 Å². The van der Waals surface area contributed by atoms with Crippen LogP contribution < -0.4 is 4.74 Å². The maximum absolute atomic E-state index is 14.7. The summed E-state index contributed by atoms with van der Waals surface area (Å²) in [7, 11) is 1.25. The molecule has 210 valence electrons. The number of thioether (sulfide) groups is 1. The van der Waals surface area contributed by atoms with Gasteiger partial charge in [0.05, 0.1) is 47.4 Å². The van der Waals surface area contributed by atoms with Crippen molar-refractivity contribution < 1.29 is 22.3 Å². The molecular formula is C29H19F4N7OS. The molecule has 0 saturated heterocycles. The normalized spacial score (nSPS) is 11.2. The number of hydrogen-bond acceptors (Lipinski definition) is 8. The van der Waals surface area contributed by atoms with E-state index in [9.17, 15) is 17.6 Å². The van der Waals surface area contributed by atoms with Gasteiger partial charge in [0.2, 0.25) is 0 Å². The van der Waals surface area contributed by atoms with Gasteiger partial charge in [-0.2, -0.15) is 13.2 Å². The van der Waals surface area contributed by atoms with E-state index in [0.717, 1.165) is 12.1 Å². The van der Waals surface area contributed by atoms with Crippen LogP contribution in [0.1, 0.15) is 22.3 Å². The topological polar surface area (TPSA) is 113 Å². The monoisotopic (exact) mass is 589 g/mol. The molecule has 3 aromatic rings. The molecule has 2 N–H and O–H groups in total. The van der Waals surface area contributed by atoms with Crippen molar-refractivity contribution in [1.82, 2.24) is 24.5 Å².